The molecule has 1 aromatic carbocycles. The highest BCUT2D eigenvalue weighted by Gasteiger charge is 2.09. The van der Waals surface area contributed by atoms with Crippen LogP contribution in [-0.4, -0.2) is 4.92 Å². The Bertz CT molecular complexity index is 620. The van der Waals surface area contributed by atoms with Gasteiger partial charge in [-0.25, -0.2) is 0 Å². The third kappa shape index (κ3) is 3.12. The van der Waals surface area contributed by atoms with Gasteiger partial charge in [0.05, 0.1) is 4.92 Å². The molecular weight excluding hydrogens is 260 g/mol. The summed E-state index contributed by atoms with van der Waals surface area (Å²) in [5, 5.41) is 14.1. The van der Waals surface area contributed by atoms with E-state index in [-0.39, 0.29) is 10.6 Å². The van der Waals surface area contributed by atoms with Crippen LogP contribution in [0.3, 0.4) is 0 Å². The number of nitrogens with zero attached hydrogens (tertiary/aromatic N) is 1. The van der Waals surface area contributed by atoms with E-state index in [0.29, 0.717) is 6.54 Å². The maximum Gasteiger partial charge on any atom is 0.271 e. The summed E-state index contributed by atoms with van der Waals surface area (Å²) in [6, 6.07) is 7.04. The number of hydrogen-bond donors (Lipinski definition) is 1. The first-order valence-corrected chi connectivity index (χ1v) is 6.84. The summed E-state index contributed by atoms with van der Waals surface area (Å²) in [6.07, 6.45) is 0. The van der Waals surface area contributed by atoms with E-state index >= 15 is 0 Å². The summed E-state index contributed by atoms with van der Waals surface area (Å²) in [4.78, 5) is 13.0. The number of nitro groups is 1. The van der Waals surface area contributed by atoms with Crippen LogP contribution in [0.1, 0.15) is 20.9 Å². The first-order valence-electron chi connectivity index (χ1n) is 6.02. The van der Waals surface area contributed by atoms with Crippen molar-refractivity contribution in [3.05, 3.63) is 55.3 Å². The molecule has 0 amide bonds. The minimum Gasteiger partial charge on any atom is -0.381 e. The Balaban J connectivity index is 2.17. The van der Waals surface area contributed by atoms with E-state index < -0.39 is 0 Å². The van der Waals surface area contributed by atoms with Gasteiger partial charge in [0.25, 0.3) is 5.69 Å². The van der Waals surface area contributed by atoms with Crippen LogP contribution in [0.4, 0.5) is 11.4 Å². The molecule has 0 radical (unpaired) electrons. The van der Waals surface area contributed by atoms with Crippen molar-refractivity contribution in [1.82, 2.24) is 0 Å². The number of thiophene rings is 1. The van der Waals surface area contributed by atoms with Crippen LogP contribution in [0.2, 0.25) is 0 Å². The third-order valence-corrected chi connectivity index (χ3v) is 4.05. The van der Waals surface area contributed by atoms with Gasteiger partial charge in [0.1, 0.15) is 0 Å². The van der Waals surface area contributed by atoms with E-state index in [1.54, 1.807) is 23.5 Å². The lowest BCUT2D eigenvalue weighted by Crippen LogP contribution is -2.02. The lowest BCUT2D eigenvalue weighted by molar-refractivity contribution is -0.384. The van der Waals surface area contributed by atoms with E-state index in [4.69, 9.17) is 0 Å². The summed E-state index contributed by atoms with van der Waals surface area (Å²) in [5.41, 5.74) is 3.19. The second-order valence-corrected chi connectivity index (χ2v) is 6.01. The third-order valence-electron chi connectivity index (χ3n) is 3.05. The van der Waals surface area contributed by atoms with Gasteiger partial charge in [0, 0.05) is 34.1 Å². The molecule has 5 heteroatoms. The van der Waals surface area contributed by atoms with Gasteiger partial charge in [-0.1, -0.05) is 6.07 Å². The lowest BCUT2D eigenvalue weighted by atomic mass is 10.1. The number of anilines is 1. The first kappa shape index (κ1) is 13.5. The van der Waals surface area contributed by atoms with Crippen molar-refractivity contribution in [2.24, 2.45) is 0 Å². The number of rotatable bonds is 4. The molecule has 1 heterocycles. The lowest BCUT2D eigenvalue weighted by Gasteiger charge is -2.09. The zero-order valence-corrected chi connectivity index (χ0v) is 12.0. The van der Waals surface area contributed by atoms with Crippen molar-refractivity contribution < 1.29 is 4.92 Å². The highest BCUT2D eigenvalue weighted by Crippen LogP contribution is 2.25. The van der Waals surface area contributed by atoms with Crippen molar-refractivity contribution in [3.8, 4) is 0 Å². The van der Waals surface area contributed by atoms with Gasteiger partial charge < -0.3 is 5.32 Å². The van der Waals surface area contributed by atoms with Crippen molar-refractivity contribution in [2.75, 3.05) is 5.32 Å². The van der Waals surface area contributed by atoms with Gasteiger partial charge in [-0.15, -0.1) is 11.3 Å². The fourth-order valence-corrected chi connectivity index (χ4v) is 2.91. The van der Waals surface area contributed by atoms with Crippen molar-refractivity contribution in [3.63, 3.8) is 0 Å². The van der Waals surface area contributed by atoms with E-state index in [9.17, 15) is 10.1 Å². The Morgan fingerprint density at radius 2 is 2.00 bits per heavy atom. The number of aryl methyl sites for hydroxylation is 3. The number of hydrogen-bond acceptors (Lipinski definition) is 4. The Kier molecular flexibility index (Phi) is 3.85. The SMILES string of the molecule is Cc1cc(CNc2cc([N+](=O)[O-])ccc2C)c(C)s1. The van der Waals surface area contributed by atoms with Gasteiger partial charge in [-0.2, -0.15) is 0 Å². The van der Waals surface area contributed by atoms with Crippen molar-refractivity contribution >= 4 is 22.7 Å². The summed E-state index contributed by atoms with van der Waals surface area (Å²) in [7, 11) is 0. The predicted octanol–water partition coefficient (Wildman–Crippen LogP) is 4.19. The molecule has 0 spiro atoms. The molecule has 100 valence electrons. The van der Waals surface area contributed by atoms with Gasteiger partial charge >= 0.3 is 0 Å². The average Bonchev–Trinajstić information content (AvgIpc) is 2.66. The van der Waals surface area contributed by atoms with Gasteiger partial charge in [-0.05, 0) is 38.0 Å². The Labute approximate surface area is 116 Å². The fourth-order valence-electron chi connectivity index (χ4n) is 1.96. The smallest absolute Gasteiger partial charge is 0.271 e. The van der Waals surface area contributed by atoms with Crippen LogP contribution in [0, 0.1) is 30.9 Å². The minimum atomic E-state index is -0.370. The summed E-state index contributed by atoms with van der Waals surface area (Å²) in [5.74, 6) is 0. The van der Waals surface area contributed by atoms with Crippen molar-refractivity contribution in [1.29, 1.82) is 0 Å². The summed E-state index contributed by atoms with van der Waals surface area (Å²) in [6.45, 7) is 6.81. The molecule has 19 heavy (non-hydrogen) atoms. The van der Waals surface area contributed by atoms with Gasteiger partial charge in [0.15, 0.2) is 0 Å². The molecule has 1 aromatic heterocycles. The molecule has 0 aliphatic rings. The molecule has 4 nitrogen and oxygen atoms in total. The predicted molar refractivity (Wildman–Crippen MR) is 79.0 cm³/mol. The van der Waals surface area contributed by atoms with Gasteiger partial charge in [0.2, 0.25) is 0 Å². The Morgan fingerprint density at radius 3 is 2.58 bits per heavy atom. The zero-order valence-electron chi connectivity index (χ0n) is 11.2. The number of nitro benzene ring substituents is 1. The number of non-ortho nitro benzene ring substituents is 1. The Morgan fingerprint density at radius 1 is 1.26 bits per heavy atom. The standard InChI is InChI=1S/C14H16N2O2S/c1-9-4-5-13(16(17)18)7-14(9)15-8-12-6-10(2)19-11(12)3/h4-7,15H,8H2,1-3H3. The van der Waals surface area contributed by atoms with E-state index in [2.05, 4.69) is 25.2 Å². The average molecular weight is 276 g/mol. The van der Waals surface area contributed by atoms with Crippen LogP contribution in [0.25, 0.3) is 0 Å². The maximum absolute atomic E-state index is 10.8. The largest absolute Gasteiger partial charge is 0.381 e. The van der Waals surface area contributed by atoms with Crippen LogP contribution in [0.5, 0.6) is 0 Å². The molecule has 0 saturated carbocycles. The fraction of sp³-hybridized carbons (Fsp3) is 0.286. The molecule has 0 atom stereocenters. The van der Waals surface area contributed by atoms with Crippen LogP contribution < -0.4 is 5.32 Å². The number of nitrogens with one attached hydrogen (secondary N) is 1. The molecule has 2 rings (SSSR count). The zero-order chi connectivity index (χ0) is 14.0. The van der Waals surface area contributed by atoms with Gasteiger partial charge in [-0.3, -0.25) is 10.1 Å². The molecular formula is C14H16N2O2S. The highest BCUT2D eigenvalue weighted by molar-refractivity contribution is 7.12. The van der Waals surface area contributed by atoms with E-state index in [1.807, 2.05) is 6.92 Å². The Hall–Kier alpha value is -1.88. The van der Waals surface area contributed by atoms with E-state index in [0.717, 1.165) is 11.3 Å². The molecule has 0 bridgehead atoms. The van der Waals surface area contributed by atoms with E-state index in [1.165, 1.54) is 21.4 Å². The van der Waals surface area contributed by atoms with Crippen LogP contribution in [-0.2, 0) is 6.54 Å². The number of benzene rings is 1. The molecule has 2 aromatic rings. The summed E-state index contributed by atoms with van der Waals surface area (Å²) >= 11 is 1.77. The topological polar surface area (TPSA) is 55.2 Å². The second kappa shape index (κ2) is 5.40. The molecule has 0 fully saturated rings. The van der Waals surface area contributed by atoms with Crippen LogP contribution >= 0.6 is 11.3 Å². The molecule has 1 N–H and O–H groups in total. The second-order valence-electron chi connectivity index (χ2n) is 4.55. The highest BCUT2D eigenvalue weighted by atomic mass is 32.1. The first-order chi connectivity index (χ1) is 8.97. The van der Waals surface area contributed by atoms with Crippen molar-refractivity contribution in [2.45, 2.75) is 27.3 Å². The maximum atomic E-state index is 10.8. The minimum absolute atomic E-state index is 0.117. The summed E-state index contributed by atoms with van der Waals surface area (Å²) < 4.78 is 0. The molecule has 0 saturated heterocycles. The quantitative estimate of drug-likeness (QED) is 0.672. The molecule has 0 unspecified atom stereocenters. The van der Waals surface area contributed by atoms with Crippen LogP contribution in [0.15, 0.2) is 24.3 Å². The monoisotopic (exact) mass is 276 g/mol. The molecule has 0 aliphatic heterocycles. The normalized spacial score (nSPS) is 10.5. The molecule has 0 aliphatic carbocycles.